The molecule has 0 saturated carbocycles. The number of alkyl halides is 3. The fraction of sp³-hybridized carbons (Fsp3) is 0.143. The van der Waals surface area contributed by atoms with Crippen molar-refractivity contribution in [1.82, 2.24) is 0 Å². The van der Waals surface area contributed by atoms with E-state index in [4.69, 9.17) is 5.14 Å². The second-order valence-corrected chi connectivity index (χ2v) is 4.07. The first-order valence-electron chi connectivity index (χ1n) is 3.34. The average molecular weight is 243 g/mol. The van der Waals surface area contributed by atoms with Gasteiger partial charge in [0.05, 0.1) is 4.90 Å². The van der Waals surface area contributed by atoms with Crippen molar-refractivity contribution in [1.29, 1.82) is 0 Å². The highest BCUT2D eigenvalue weighted by molar-refractivity contribution is 8.00. The smallest absolute Gasteiger partial charge is 0.274 e. The maximum Gasteiger partial charge on any atom is 0.446 e. The van der Waals surface area contributed by atoms with Crippen molar-refractivity contribution in [2.24, 2.45) is 5.14 Å². The quantitative estimate of drug-likeness (QED) is 0.489. The molecular formula is C7H5F4NS2. The minimum atomic E-state index is -4.49. The van der Waals surface area contributed by atoms with Gasteiger partial charge >= 0.3 is 5.51 Å². The van der Waals surface area contributed by atoms with E-state index in [1.165, 1.54) is 6.07 Å². The molecule has 0 unspecified atom stereocenters. The van der Waals surface area contributed by atoms with E-state index in [1.54, 1.807) is 0 Å². The third-order valence-corrected chi connectivity index (χ3v) is 2.55. The second kappa shape index (κ2) is 4.41. The molecule has 2 N–H and O–H groups in total. The zero-order valence-electron chi connectivity index (χ0n) is 6.64. The molecule has 0 fully saturated rings. The number of thioether (sulfide) groups is 1. The highest BCUT2D eigenvalue weighted by Crippen LogP contribution is 2.39. The van der Waals surface area contributed by atoms with E-state index in [2.05, 4.69) is 0 Å². The Kier molecular flexibility index (Phi) is 3.68. The number of halogens is 4. The topological polar surface area (TPSA) is 26.0 Å². The fourth-order valence-electron chi connectivity index (χ4n) is 0.760. The molecule has 1 aromatic carbocycles. The minimum absolute atomic E-state index is 0.387. The van der Waals surface area contributed by atoms with E-state index in [0.29, 0.717) is 4.90 Å². The number of hydrogen-bond donors (Lipinski definition) is 1. The molecule has 1 aromatic rings. The number of rotatable bonds is 2. The van der Waals surface area contributed by atoms with Gasteiger partial charge in [-0.2, -0.15) is 13.2 Å². The Morgan fingerprint density at radius 2 is 1.86 bits per heavy atom. The van der Waals surface area contributed by atoms with Crippen LogP contribution in [0.15, 0.2) is 28.0 Å². The summed E-state index contributed by atoms with van der Waals surface area (Å²) in [5, 5.41) is 5.14. The van der Waals surface area contributed by atoms with Gasteiger partial charge in [-0.3, -0.25) is 5.14 Å². The molecule has 78 valence electrons. The first-order valence-corrected chi connectivity index (χ1v) is 5.04. The predicted molar refractivity (Wildman–Crippen MR) is 48.4 cm³/mol. The Hall–Kier alpha value is -0.400. The van der Waals surface area contributed by atoms with Crippen LogP contribution >= 0.6 is 23.7 Å². The van der Waals surface area contributed by atoms with E-state index in [0.717, 1.165) is 24.1 Å². The molecule has 0 spiro atoms. The Morgan fingerprint density at radius 3 is 2.36 bits per heavy atom. The molecule has 0 aliphatic rings. The molecule has 0 atom stereocenters. The molecule has 0 amide bonds. The maximum atomic E-state index is 12.9. The van der Waals surface area contributed by atoms with E-state index in [9.17, 15) is 17.6 Å². The highest BCUT2D eigenvalue weighted by atomic mass is 32.2. The second-order valence-electron chi connectivity index (χ2n) is 2.26. The number of nitrogens with two attached hydrogens (primary N) is 1. The monoisotopic (exact) mass is 243 g/mol. The molecule has 1 nitrogen and oxygen atoms in total. The lowest BCUT2D eigenvalue weighted by Gasteiger charge is -2.07. The van der Waals surface area contributed by atoms with Crippen LogP contribution in [0.1, 0.15) is 0 Å². The summed E-state index contributed by atoms with van der Waals surface area (Å²) in [4.78, 5) is -0.0777. The van der Waals surface area contributed by atoms with Crippen LogP contribution < -0.4 is 5.14 Å². The van der Waals surface area contributed by atoms with Crippen LogP contribution in [0.25, 0.3) is 0 Å². The largest absolute Gasteiger partial charge is 0.446 e. The minimum Gasteiger partial charge on any atom is -0.274 e. The third kappa shape index (κ3) is 3.39. The van der Waals surface area contributed by atoms with Crippen LogP contribution in [0.4, 0.5) is 17.6 Å². The van der Waals surface area contributed by atoms with Crippen molar-refractivity contribution in [3.8, 4) is 0 Å². The van der Waals surface area contributed by atoms with Crippen molar-refractivity contribution >= 4 is 23.7 Å². The zero-order chi connectivity index (χ0) is 10.8. The Balaban J connectivity index is 2.95. The number of hydrogen-bond acceptors (Lipinski definition) is 3. The summed E-state index contributed by atoms with van der Waals surface area (Å²) in [6, 6.07) is 3.35. The van der Waals surface area contributed by atoms with Gasteiger partial charge in [-0.1, -0.05) is 0 Å². The van der Waals surface area contributed by atoms with Crippen LogP contribution in [0.5, 0.6) is 0 Å². The molecule has 14 heavy (non-hydrogen) atoms. The van der Waals surface area contributed by atoms with Crippen LogP contribution in [0.2, 0.25) is 0 Å². The Morgan fingerprint density at radius 1 is 1.21 bits per heavy atom. The van der Waals surface area contributed by atoms with Gasteiger partial charge in [0.15, 0.2) is 0 Å². The fourth-order valence-corrected chi connectivity index (χ4v) is 1.77. The molecule has 0 aromatic heterocycles. The first-order chi connectivity index (χ1) is 6.42. The predicted octanol–water partition coefficient (Wildman–Crippen LogP) is 3.40. The third-order valence-electron chi connectivity index (χ3n) is 1.26. The Bertz CT molecular complexity index is 326. The molecule has 0 aliphatic heterocycles. The average Bonchev–Trinajstić information content (AvgIpc) is 2.06. The van der Waals surface area contributed by atoms with Gasteiger partial charge < -0.3 is 0 Å². The SMILES string of the molecule is NSc1ccc(F)c(SC(F)(F)F)c1. The molecule has 0 bridgehead atoms. The molecule has 0 aliphatic carbocycles. The van der Waals surface area contributed by atoms with Crippen molar-refractivity contribution in [2.75, 3.05) is 0 Å². The van der Waals surface area contributed by atoms with Crippen molar-refractivity contribution in [2.45, 2.75) is 15.3 Å². The van der Waals surface area contributed by atoms with Crippen LogP contribution in [0.3, 0.4) is 0 Å². The molecule has 7 heteroatoms. The van der Waals surface area contributed by atoms with Gasteiger partial charge in [0.1, 0.15) is 5.82 Å². The lowest BCUT2D eigenvalue weighted by atomic mass is 10.3. The molecular weight excluding hydrogens is 238 g/mol. The summed E-state index contributed by atoms with van der Waals surface area (Å²) in [6.07, 6.45) is 0. The Labute approximate surface area is 86.2 Å². The summed E-state index contributed by atoms with van der Waals surface area (Å²) in [6.45, 7) is 0. The first kappa shape index (κ1) is 11.7. The highest BCUT2D eigenvalue weighted by Gasteiger charge is 2.30. The van der Waals surface area contributed by atoms with E-state index in [-0.39, 0.29) is 0 Å². The van der Waals surface area contributed by atoms with Crippen molar-refractivity contribution < 1.29 is 17.6 Å². The molecule has 0 radical (unpaired) electrons. The summed E-state index contributed by atoms with van der Waals surface area (Å²) in [7, 11) is 0. The van der Waals surface area contributed by atoms with Gasteiger partial charge in [-0.15, -0.1) is 0 Å². The van der Waals surface area contributed by atoms with Crippen LogP contribution in [-0.4, -0.2) is 5.51 Å². The summed E-state index contributed by atoms with van der Waals surface area (Å²) < 4.78 is 48.6. The van der Waals surface area contributed by atoms with Crippen LogP contribution in [0, 0.1) is 5.82 Å². The zero-order valence-corrected chi connectivity index (χ0v) is 8.27. The van der Waals surface area contributed by atoms with Gasteiger partial charge in [0.2, 0.25) is 0 Å². The maximum absolute atomic E-state index is 12.9. The summed E-state index contributed by atoms with van der Waals surface area (Å²) in [5.74, 6) is -0.898. The van der Waals surface area contributed by atoms with E-state index in [1.807, 2.05) is 0 Å². The van der Waals surface area contributed by atoms with Gasteiger partial charge in [-0.05, 0) is 41.9 Å². The van der Waals surface area contributed by atoms with Crippen LogP contribution in [-0.2, 0) is 0 Å². The lowest BCUT2D eigenvalue weighted by Crippen LogP contribution is -2.00. The van der Waals surface area contributed by atoms with Gasteiger partial charge in [-0.25, -0.2) is 4.39 Å². The van der Waals surface area contributed by atoms with Gasteiger partial charge in [0, 0.05) is 4.90 Å². The molecule has 0 heterocycles. The lowest BCUT2D eigenvalue weighted by molar-refractivity contribution is -0.0329. The normalized spacial score (nSPS) is 11.8. The van der Waals surface area contributed by atoms with Crippen molar-refractivity contribution in [3.05, 3.63) is 24.0 Å². The number of benzene rings is 1. The van der Waals surface area contributed by atoms with Crippen molar-refractivity contribution in [3.63, 3.8) is 0 Å². The summed E-state index contributed by atoms with van der Waals surface area (Å²) in [5.41, 5.74) is -4.49. The standard InChI is InChI=1S/C7H5F4NS2/c8-5-2-1-4(14-12)3-6(5)13-7(9,10)11/h1-3H,12H2. The molecule has 0 saturated heterocycles. The summed E-state index contributed by atoms with van der Waals surface area (Å²) >= 11 is 0.283. The van der Waals surface area contributed by atoms with E-state index < -0.39 is 28.0 Å². The van der Waals surface area contributed by atoms with E-state index >= 15 is 0 Å². The van der Waals surface area contributed by atoms with Gasteiger partial charge in [0.25, 0.3) is 0 Å². The molecule has 1 rings (SSSR count).